The molecule has 0 aliphatic rings. The minimum Gasteiger partial charge on any atom is -0.350 e. The Labute approximate surface area is 207 Å². The monoisotopic (exact) mass is 531 g/mol. The zero-order valence-electron chi connectivity index (χ0n) is 18.5. The van der Waals surface area contributed by atoms with Crippen molar-refractivity contribution >= 4 is 38.2 Å². The smallest absolute Gasteiger partial charge is 0.304 e. The standard InChI is InChI=1S/C24H16F3N3O4S2/c1-30-13-15(18-11-19(26)20(27)12-22(18)30)10-21(24(31)28-32)29-36(33,34)23-9-8-17(35-23)7-4-14-2-5-16(25)6-3-14/h2-3,5-6,8-9,11-13,21,29H,10H2,1H3. The van der Waals surface area contributed by atoms with Crippen molar-refractivity contribution in [2.75, 3.05) is 0 Å². The van der Waals surface area contributed by atoms with Gasteiger partial charge in [0.05, 0.1) is 10.4 Å². The van der Waals surface area contributed by atoms with Crippen LogP contribution >= 0.6 is 11.3 Å². The molecule has 0 saturated heterocycles. The number of fused-ring (bicyclic) bond motifs is 1. The zero-order valence-corrected chi connectivity index (χ0v) is 20.1. The molecular formula is C24H16F3N3O4S2. The lowest BCUT2D eigenvalue weighted by molar-refractivity contribution is -0.119. The molecule has 0 fully saturated rings. The summed E-state index contributed by atoms with van der Waals surface area (Å²) in [5.41, 5.74) is 1.16. The maximum atomic E-state index is 13.8. The van der Waals surface area contributed by atoms with Crippen LogP contribution in [0.3, 0.4) is 0 Å². The van der Waals surface area contributed by atoms with E-state index in [4.69, 9.17) is 0 Å². The predicted octanol–water partition coefficient (Wildman–Crippen LogP) is 4.24. The molecule has 7 nitrogen and oxygen atoms in total. The molecule has 1 unspecified atom stereocenters. The fourth-order valence-corrected chi connectivity index (χ4v) is 5.89. The van der Waals surface area contributed by atoms with Crippen LogP contribution in [-0.2, 0) is 28.3 Å². The molecule has 0 aliphatic carbocycles. The summed E-state index contributed by atoms with van der Waals surface area (Å²) in [4.78, 5) is 23.6. The van der Waals surface area contributed by atoms with E-state index in [0.717, 1.165) is 23.5 Å². The summed E-state index contributed by atoms with van der Waals surface area (Å²) >= 11 is 0.826. The van der Waals surface area contributed by atoms with Crippen LogP contribution in [0.5, 0.6) is 0 Å². The minimum absolute atomic E-state index is 0.166. The van der Waals surface area contributed by atoms with Gasteiger partial charge >= 0.3 is 5.91 Å². The molecule has 1 amide bonds. The number of hydrogen-bond acceptors (Lipinski definition) is 5. The molecule has 2 aromatic heterocycles. The molecule has 12 heteroatoms. The Morgan fingerprint density at radius 2 is 1.78 bits per heavy atom. The van der Waals surface area contributed by atoms with Crippen molar-refractivity contribution in [1.29, 1.82) is 0 Å². The third-order valence-corrected chi connectivity index (χ3v) is 8.21. The van der Waals surface area contributed by atoms with Crippen molar-refractivity contribution in [2.45, 2.75) is 16.7 Å². The van der Waals surface area contributed by atoms with Gasteiger partial charge in [0.1, 0.15) is 16.1 Å². The van der Waals surface area contributed by atoms with Crippen LogP contribution in [0.25, 0.3) is 10.9 Å². The Hall–Kier alpha value is -3.79. The largest absolute Gasteiger partial charge is 0.350 e. The van der Waals surface area contributed by atoms with E-state index in [2.05, 4.69) is 21.7 Å². The second-order valence-electron chi connectivity index (χ2n) is 7.73. The fraction of sp³-hybridized carbons (Fsp3) is 0.125. The van der Waals surface area contributed by atoms with Crippen molar-refractivity contribution in [3.8, 4) is 11.8 Å². The number of rotatable bonds is 6. The highest BCUT2D eigenvalue weighted by Gasteiger charge is 2.29. The van der Waals surface area contributed by atoms with Gasteiger partial charge in [-0.1, -0.05) is 11.8 Å². The molecule has 2 aromatic carbocycles. The van der Waals surface area contributed by atoms with Gasteiger partial charge in [-0.3, -0.25) is 4.79 Å². The van der Waals surface area contributed by atoms with Gasteiger partial charge in [-0.05, 0) is 48.0 Å². The number of nitrogens with one attached hydrogen (secondary N) is 1. The van der Waals surface area contributed by atoms with E-state index >= 15 is 0 Å². The second kappa shape index (κ2) is 10.1. The molecule has 0 saturated carbocycles. The number of benzene rings is 2. The van der Waals surface area contributed by atoms with Crippen LogP contribution in [0.1, 0.15) is 16.0 Å². The molecular weight excluding hydrogens is 515 g/mol. The summed E-state index contributed by atoms with van der Waals surface area (Å²) in [6, 6.07) is 8.54. The SMILES string of the molecule is Cn1cc(CC(NS(=O)(=O)c2ccc(C#Cc3ccc(F)cc3)s2)C(=O)N=O)c2cc(F)c(F)cc21. The summed E-state index contributed by atoms with van der Waals surface area (Å²) < 4.78 is 69.9. The molecule has 2 heterocycles. The van der Waals surface area contributed by atoms with Gasteiger partial charge in [-0.2, -0.15) is 4.72 Å². The molecule has 0 spiro atoms. The summed E-state index contributed by atoms with van der Waals surface area (Å²) in [6.45, 7) is 0. The number of aryl methyl sites for hydroxylation is 1. The van der Waals surface area contributed by atoms with Gasteiger partial charge in [-0.25, -0.2) is 21.6 Å². The zero-order chi connectivity index (χ0) is 26.0. The van der Waals surface area contributed by atoms with E-state index < -0.39 is 39.4 Å². The van der Waals surface area contributed by atoms with Crippen molar-refractivity contribution in [3.63, 3.8) is 0 Å². The molecule has 0 aliphatic heterocycles. The van der Waals surface area contributed by atoms with Crippen LogP contribution in [0.2, 0.25) is 0 Å². The number of hydrogen-bond donors (Lipinski definition) is 1. The Balaban J connectivity index is 1.59. The molecule has 1 atom stereocenters. The Bertz CT molecular complexity index is 1650. The van der Waals surface area contributed by atoms with E-state index in [1.807, 2.05) is 0 Å². The van der Waals surface area contributed by atoms with Crippen LogP contribution in [0, 0.1) is 34.2 Å². The lowest BCUT2D eigenvalue weighted by Gasteiger charge is -2.13. The number of nitroso groups, excluding NO2 is 1. The fourth-order valence-electron chi connectivity index (χ4n) is 3.53. The highest BCUT2D eigenvalue weighted by atomic mass is 32.2. The maximum absolute atomic E-state index is 13.8. The number of thiophene rings is 1. The van der Waals surface area contributed by atoms with E-state index in [1.54, 1.807) is 7.05 Å². The first-order valence-corrected chi connectivity index (χ1v) is 12.6. The number of carbonyl (C=O) groups is 1. The molecule has 0 bridgehead atoms. The van der Waals surface area contributed by atoms with Crippen LogP contribution in [0.15, 0.2) is 64.1 Å². The molecule has 36 heavy (non-hydrogen) atoms. The lowest BCUT2D eigenvalue weighted by Crippen LogP contribution is -2.41. The lowest BCUT2D eigenvalue weighted by atomic mass is 10.1. The van der Waals surface area contributed by atoms with Crippen LogP contribution in [-0.4, -0.2) is 24.9 Å². The molecule has 0 radical (unpaired) electrons. The first-order valence-electron chi connectivity index (χ1n) is 10.3. The summed E-state index contributed by atoms with van der Waals surface area (Å²) in [7, 11) is -2.70. The van der Waals surface area contributed by atoms with Crippen LogP contribution < -0.4 is 4.72 Å². The second-order valence-corrected chi connectivity index (χ2v) is 10.8. The predicted molar refractivity (Wildman–Crippen MR) is 128 cm³/mol. The number of aromatic nitrogens is 1. The molecule has 184 valence electrons. The Morgan fingerprint density at radius 1 is 1.08 bits per heavy atom. The average Bonchev–Trinajstić information content (AvgIpc) is 3.44. The van der Waals surface area contributed by atoms with Gasteiger partial charge in [-0.15, -0.1) is 16.2 Å². The van der Waals surface area contributed by atoms with E-state index in [0.29, 0.717) is 21.5 Å². The Kier molecular flexibility index (Phi) is 7.07. The van der Waals surface area contributed by atoms with Crippen molar-refractivity contribution in [3.05, 3.63) is 93.1 Å². The van der Waals surface area contributed by atoms with Gasteiger partial charge < -0.3 is 4.57 Å². The highest BCUT2D eigenvalue weighted by Crippen LogP contribution is 2.26. The van der Waals surface area contributed by atoms with E-state index in [9.17, 15) is 31.3 Å². The van der Waals surface area contributed by atoms with Gasteiger partial charge in [0.25, 0.3) is 10.0 Å². The number of sulfonamides is 1. The van der Waals surface area contributed by atoms with Crippen molar-refractivity contribution in [2.24, 2.45) is 12.2 Å². The quantitative estimate of drug-likeness (QED) is 0.297. The number of carbonyl (C=O) groups excluding carboxylic acids is 1. The summed E-state index contributed by atoms with van der Waals surface area (Å²) in [5.74, 6) is 1.72. The van der Waals surface area contributed by atoms with Crippen LogP contribution in [0.4, 0.5) is 13.2 Å². The minimum atomic E-state index is -4.27. The Morgan fingerprint density at radius 3 is 2.47 bits per heavy atom. The van der Waals surface area contributed by atoms with Gasteiger partial charge in [0.15, 0.2) is 11.6 Å². The molecule has 4 rings (SSSR count). The summed E-state index contributed by atoms with van der Waals surface area (Å²) in [6.07, 6.45) is 1.16. The number of halogens is 3. The normalized spacial score (nSPS) is 12.2. The van der Waals surface area contributed by atoms with E-state index in [-0.39, 0.29) is 16.0 Å². The van der Waals surface area contributed by atoms with Gasteiger partial charge in [0, 0.05) is 41.9 Å². The maximum Gasteiger partial charge on any atom is 0.304 e. The first kappa shape index (κ1) is 25.3. The number of nitrogens with zero attached hydrogens (tertiary/aromatic N) is 2. The van der Waals surface area contributed by atoms with Gasteiger partial charge in [0.2, 0.25) is 0 Å². The third kappa shape index (κ3) is 5.38. The molecule has 1 N–H and O–H groups in total. The average molecular weight is 532 g/mol. The molecule has 4 aromatic rings. The topological polar surface area (TPSA) is 97.6 Å². The third-order valence-electron chi connectivity index (χ3n) is 5.24. The van der Waals surface area contributed by atoms with E-state index in [1.165, 1.54) is 47.2 Å². The summed E-state index contributed by atoms with van der Waals surface area (Å²) in [5, 5.41) is 2.61. The highest BCUT2D eigenvalue weighted by molar-refractivity contribution is 7.91. The van der Waals surface area contributed by atoms with Crippen molar-refractivity contribution < 1.29 is 26.4 Å². The number of amides is 1. The first-order chi connectivity index (χ1) is 17.1. The van der Waals surface area contributed by atoms with Crippen molar-refractivity contribution in [1.82, 2.24) is 9.29 Å².